The van der Waals surface area contributed by atoms with Crippen molar-refractivity contribution >= 4 is 11.5 Å². The van der Waals surface area contributed by atoms with Crippen LogP contribution in [0.5, 0.6) is 5.75 Å². The first-order chi connectivity index (χ1) is 9.72. The fourth-order valence-corrected chi connectivity index (χ4v) is 2.25. The Labute approximate surface area is 117 Å². The number of carbonyl (C=O) groups excluding carboxylic acids is 1. The summed E-state index contributed by atoms with van der Waals surface area (Å²) < 4.78 is 5.93. The minimum Gasteiger partial charge on any atom is -0.508 e. The monoisotopic (exact) mass is 266 g/mol. The smallest absolute Gasteiger partial charge is 0.163 e. The Bertz CT molecular complexity index is 642. The third-order valence-corrected chi connectivity index (χ3v) is 3.27. The van der Waals surface area contributed by atoms with Gasteiger partial charge in [0.25, 0.3) is 0 Å². The van der Waals surface area contributed by atoms with Crippen molar-refractivity contribution in [3.63, 3.8) is 0 Å². The molecular formula is C17H14O3. The molecule has 1 aliphatic rings. The van der Waals surface area contributed by atoms with Gasteiger partial charge < -0.3 is 9.84 Å². The molecule has 1 heterocycles. The number of benzene rings is 2. The van der Waals surface area contributed by atoms with Gasteiger partial charge in [0.2, 0.25) is 0 Å². The highest BCUT2D eigenvalue weighted by molar-refractivity contribution is 5.97. The van der Waals surface area contributed by atoms with Crippen LogP contribution >= 0.6 is 0 Å². The van der Waals surface area contributed by atoms with E-state index in [1.807, 2.05) is 30.3 Å². The van der Waals surface area contributed by atoms with Crippen LogP contribution in [0, 0.1) is 0 Å². The predicted molar refractivity (Wildman–Crippen MR) is 76.0 cm³/mol. The summed E-state index contributed by atoms with van der Waals surface area (Å²) in [6.07, 6.45) is 1.57. The topological polar surface area (TPSA) is 46.5 Å². The molecule has 0 aliphatic carbocycles. The summed E-state index contributed by atoms with van der Waals surface area (Å²) >= 11 is 0. The molecule has 20 heavy (non-hydrogen) atoms. The molecule has 0 radical (unpaired) electrons. The predicted octanol–water partition coefficient (Wildman–Crippen LogP) is 3.46. The lowest BCUT2D eigenvalue weighted by Crippen LogP contribution is -2.14. The molecule has 3 nitrogen and oxygen atoms in total. The fraction of sp³-hybridized carbons (Fsp3) is 0.118. The Morgan fingerprint density at radius 2 is 1.70 bits per heavy atom. The number of aromatic hydroxyl groups is 1. The lowest BCUT2D eigenvalue weighted by molar-refractivity contribution is -0.117. The second-order valence-electron chi connectivity index (χ2n) is 4.74. The largest absolute Gasteiger partial charge is 0.508 e. The summed E-state index contributed by atoms with van der Waals surface area (Å²) in [4.78, 5) is 11.9. The summed E-state index contributed by atoms with van der Waals surface area (Å²) in [5, 5.41) is 9.32. The minimum atomic E-state index is -0.302. The van der Waals surface area contributed by atoms with Crippen LogP contribution in [0.15, 0.2) is 60.7 Å². The summed E-state index contributed by atoms with van der Waals surface area (Å²) in [6, 6.07) is 16.3. The van der Waals surface area contributed by atoms with E-state index in [0.717, 1.165) is 11.1 Å². The van der Waals surface area contributed by atoms with Crippen molar-refractivity contribution in [1.82, 2.24) is 0 Å². The highest BCUT2D eigenvalue weighted by Gasteiger charge is 2.24. The van der Waals surface area contributed by atoms with Crippen LogP contribution in [0.4, 0.5) is 0 Å². The van der Waals surface area contributed by atoms with Crippen molar-refractivity contribution in [1.29, 1.82) is 0 Å². The highest BCUT2D eigenvalue weighted by Crippen LogP contribution is 2.33. The van der Waals surface area contributed by atoms with Gasteiger partial charge in [0.15, 0.2) is 5.78 Å². The van der Waals surface area contributed by atoms with Crippen LogP contribution in [-0.2, 0) is 9.53 Å². The normalized spacial score (nSPS) is 18.3. The molecule has 0 aromatic heterocycles. The third kappa shape index (κ3) is 2.57. The van der Waals surface area contributed by atoms with E-state index in [2.05, 4.69) is 0 Å². The lowest BCUT2D eigenvalue weighted by atomic mass is 10.00. The van der Waals surface area contributed by atoms with Crippen LogP contribution in [-0.4, -0.2) is 10.9 Å². The van der Waals surface area contributed by atoms with Crippen molar-refractivity contribution in [2.45, 2.75) is 12.5 Å². The van der Waals surface area contributed by atoms with Gasteiger partial charge in [-0.05, 0) is 17.7 Å². The number of phenols is 1. The van der Waals surface area contributed by atoms with Crippen molar-refractivity contribution in [3.8, 4) is 5.75 Å². The fourth-order valence-electron chi connectivity index (χ4n) is 2.25. The van der Waals surface area contributed by atoms with Crippen molar-refractivity contribution in [2.24, 2.45) is 0 Å². The number of ether oxygens (including phenoxy) is 1. The van der Waals surface area contributed by atoms with Crippen molar-refractivity contribution < 1.29 is 14.6 Å². The zero-order valence-corrected chi connectivity index (χ0v) is 10.8. The maximum absolute atomic E-state index is 11.9. The van der Waals surface area contributed by atoms with Crippen molar-refractivity contribution in [2.75, 3.05) is 0 Å². The first kappa shape index (κ1) is 12.5. The molecule has 0 saturated carbocycles. The summed E-state index contributed by atoms with van der Waals surface area (Å²) in [6.45, 7) is 0. The number of ketones is 1. The molecule has 2 aromatic carbocycles. The van der Waals surface area contributed by atoms with Gasteiger partial charge in [-0.3, -0.25) is 4.79 Å². The second kappa shape index (κ2) is 5.21. The highest BCUT2D eigenvalue weighted by atomic mass is 16.5. The van der Waals surface area contributed by atoms with E-state index in [4.69, 9.17) is 4.74 Å². The van der Waals surface area contributed by atoms with Crippen LogP contribution < -0.4 is 0 Å². The molecule has 0 fully saturated rings. The van der Waals surface area contributed by atoms with Gasteiger partial charge >= 0.3 is 0 Å². The average Bonchev–Trinajstić information content (AvgIpc) is 2.48. The molecule has 0 spiro atoms. The van der Waals surface area contributed by atoms with E-state index in [9.17, 15) is 9.90 Å². The molecule has 2 aromatic rings. The van der Waals surface area contributed by atoms with E-state index in [0.29, 0.717) is 12.2 Å². The van der Waals surface area contributed by atoms with E-state index in [-0.39, 0.29) is 17.6 Å². The molecule has 1 N–H and O–H groups in total. The lowest BCUT2D eigenvalue weighted by Gasteiger charge is -2.24. The van der Waals surface area contributed by atoms with Crippen LogP contribution in [0.25, 0.3) is 5.76 Å². The molecule has 3 rings (SSSR count). The average molecular weight is 266 g/mol. The van der Waals surface area contributed by atoms with Gasteiger partial charge in [-0.1, -0.05) is 42.5 Å². The third-order valence-electron chi connectivity index (χ3n) is 3.27. The number of rotatable bonds is 2. The number of allylic oxidation sites excluding steroid dienone is 1. The summed E-state index contributed by atoms with van der Waals surface area (Å²) in [5.74, 6) is 0.850. The minimum absolute atomic E-state index is 0.0492. The maximum Gasteiger partial charge on any atom is 0.163 e. The van der Waals surface area contributed by atoms with Gasteiger partial charge in [-0.15, -0.1) is 0 Å². The van der Waals surface area contributed by atoms with Gasteiger partial charge in [0.05, 0.1) is 6.42 Å². The molecule has 0 bridgehead atoms. The number of carbonyl (C=O) groups is 1. The molecular weight excluding hydrogens is 252 g/mol. The van der Waals surface area contributed by atoms with E-state index in [1.165, 1.54) is 0 Å². The molecule has 1 unspecified atom stereocenters. The first-order valence-electron chi connectivity index (χ1n) is 6.48. The van der Waals surface area contributed by atoms with Crippen molar-refractivity contribution in [3.05, 3.63) is 71.8 Å². The zero-order valence-electron chi connectivity index (χ0n) is 10.8. The van der Waals surface area contributed by atoms with Gasteiger partial charge in [0.1, 0.15) is 17.6 Å². The van der Waals surface area contributed by atoms with Crippen LogP contribution in [0.1, 0.15) is 23.7 Å². The zero-order chi connectivity index (χ0) is 13.9. The van der Waals surface area contributed by atoms with E-state index < -0.39 is 0 Å². The summed E-state index contributed by atoms with van der Waals surface area (Å²) in [5.41, 5.74) is 1.78. The first-order valence-corrected chi connectivity index (χ1v) is 6.48. The Kier molecular flexibility index (Phi) is 3.25. The SMILES string of the molecule is O=C1C=C(c2ccccc2)OC(c2ccc(O)cc2)C1. The van der Waals surface area contributed by atoms with Gasteiger partial charge in [-0.2, -0.15) is 0 Å². The Morgan fingerprint density at radius 3 is 2.40 bits per heavy atom. The molecule has 1 aliphatic heterocycles. The van der Waals surface area contributed by atoms with E-state index in [1.54, 1.807) is 30.3 Å². The molecule has 0 saturated heterocycles. The van der Waals surface area contributed by atoms with Crippen LogP contribution in [0.3, 0.4) is 0 Å². The quantitative estimate of drug-likeness (QED) is 0.905. The Hall–Kier alpha value is -2.55. The van der Waals surface area contributed by atoms with E-state index >= 15 is 0 Å². The standard InChI is InChI=1S/C17H14O3/c18-14-8-6-13(7-9-14)17-11-15(19)10-16(20-17)12-4-2-1-3-5-12/h1-10,17-18H,11H2. The number of hydrogen-bond acceptors (Lipinski definition) is 3. The second-order valence-corrected chi connectivity index (χ2v) is 4.74. The number of phenolic OH excluding ortho intramolecular Hbond substituents is 1. The van der Waals surface area contributed by atoms with Gasteiger partial charge in [0, 0.05) is 11.6 Å². The Morgan fingerprint density at radius 1 is 1.00 bits per heavy atom. The molecule has 3 heteroatoms. The van der Waals surface area contributed by atoms with Gasteiger partial charge in [-0.25, -0.2) is 0 Å². The number of hydrogen-bond donors (Lipinski definition) is 1. The molecule has 1 atom stereocenters. The Balaban J connectivity index is 1.89. The molecule has 100 valence electrons. The summed E-state index contributed by atoms with van der Waals surface area (Å²) in [7, 11) is 0. The maximum atomic E-state index is 11.9. The van der Waals surface area contributed by atoms with Crippen LogP contribution in [0.2, 0.25) is 0 Å². The molecule has 0 amide bonds.